The van der Waals surface area contributed by atoms with Crippen molar-refractivity contribution in [3.8, 4) is 0 Å². The number of imidazole rings is 1. The Morgan fingerprint density at radius 2 is 1.63 bits per heavy atom. The minimum Gasteiger partial charge on any atom is -0.323 e. The van der Waals surface area contributed by atoms with Crippen molar-refractivity contribution in [2.75, 3.05) is 13.1 Å². The molecule has 218 valence electrons. The number of hydrogen-bond acceptors (Lipinski definition) is 5. The smallest absolute Gasteiger partial charge is 0.323 e. The topological polar surface area (TPSA) is 85.9 Å². The van der Waals surface area contributed by atoms with Gasteiger partial charge in [0.05, 0.1) is 6.33 Å². The number of aromatic nitrogens is 4. The maximum Gasteiger partial charge on any atom is 0.332 e. The van der Waals surface area contributed by atoms with Crippen molar-refractivity contribution in [3.63, 3.8) is 0 Å². The fraction of sp³-hybridized carbons (Fsp3) is 0.485. The second-order valence-corrected chi connectivity index (χ2v) is 11.7. The summed E-state index contributed by atoms with van der Waals surface area (Å²) in [6.45, 7) is 6.81. The number of hydrogen-bond donors (Lipinski definition) is 2. The summed E-state index contributed by atoms with van der Waals surface area (Å²) in [5, 5.41) is 7.19. The maximum absolute atomic E-state index is 12.4. The molecule has 0 radical (unpaired) electrons. The van der Waals surface area contributed by atoms with E-state index in [9.17, 15) is 9.59 Å². The first-order valence-corrected chi connectivity index (χ1v) is 15.1. The molecule has 2 aromatic carbocycles. The lowest BCUT2D eigenvalue weighted by atomic mass is 9.80. The van der Waals surface area contributed by atoms with Gasteiger partial charge in [-0.05, 0) is 62.1 Å². The Kier molecular flexibility index (Phi) is 9.20. The molecular weight excluding hydrogens is 512 g/mol. The van der Waals surface area contributed by atoms with Gasteiger partial charge in [-0.3, -0.25) is 13.9 Å². The lowest BCUT2D eigenvalue weighted by molar-refractivity contribution is 0.315. The summed E-state index contributed by atoms with van der Waals surface area (Å²) in [5.41, 5.74) is 3.05. The summed E-state index contributed by atoms with van der Waals surface area (Å²) in [4.78, 5) is 28.6. The first-order valence-electron chi connectivity index (χ1n) is 15.1. The van der Waals surface area contributed by atoms with E-state index in [1.54, 1.807) is 23.5 Å². The quantitative estimate of drug-likeness (QED) is 0.327. The van der Waals surface area contributed by atoms with Crippen molar-refractivity contribution in [2.45, 2.75) is 64.1 Å². The van der Waals surface area contributed by atoms with Gasteiger partial charge < -0.3 is 15.2 Å². The highest BCUT2D eigenvalue weighted by molar-refractivity contribution is 5.69. The van der Waals surface area contributed by atoms with Gasteiger partial charge in [-0.2, -0.15) is 0 Å². The molecule has 2 aliphatic rings. The molecule has 2 bridgehead atoms. The fourth-order valence-electron chi connectivity index (χ4n) is 7.01. The van der Waals surface area contributed by atoms with Crippen molar-refractivity contribution in [1.82, 2.24) is 29.3 Å². The molecule has 5 unspecified atom stereocenters. The minimum atomic E-state index is -0.364. The average Bonchev–Trinajstić information content (AvgIpc) is 3.72. The largest absolute Gasteiger partial charge is 0.332 e. The second kappa shape index (κ2) is 13.0. The van der Waals surface area contributed by atoms with E-state index in [2.05, 4.69) is 71.9 Å². The summed E-state index contributed by atoms with van der Waals surface area (Å²) >= 11 is 0. The molecule has 8 heteroatoms. The number of nitrogens with one attached hydrogen (secondary N) is 2. The van der Waals surface area contributed by atoms with Crippen LogP contribution in [0.2, 0.25) is 0 Å². The molecule has 2 aromatic heterocycles. The van der Waals surface area contributed by atoms with Crippen LogP contribution in [0.25, 0.3) is 11.2 Å². The van der Waals surface area contributed by atoms with Crippen LogP contribution in [0.15, 0.2) is 76.6 Å². The zero-order valence-electron chi connectivity index (χ0n) is 24.8. The molecular formula is C33H44N6O2. The lowest BCUT2D eigenvalue weighted by Crippen LogP contribution is -2.39. The van der Waals surface area contributed by atoms with Gasteiger partial charge in [0.2, 0.25) is 0 Å². The molecule has 0 spiro atoms. The van der Waals surface area contributed by atoms with Crippen LogP contribution >= 0.6 is 0 Å². The zero-order chi connectivity index (χ0) is 28.9. The van der Waals surface area contributed by atoms with Crippen LogP contribution in [0.1, 0.15) is 50.2 Å². The van der Waals surface area contributed by atoms with E-state index in [-0.39, 0.29) is 11.2 Å². The van der Waals surface area contributed by atoms with Crippen molar-refractivity contribution < 1.29 is 0 Å². The third-order valence-electron chi connectivity index (χ3n) is 8.99. The summed E-state index contributed by atoms with van der Waals surface area (Å²) in [7, 11) is 3.11. The highest BCUT2D eigenvalue weighted by atomic mass is 16.2. The van der Waals surface area contributed by atoms with E-state index < -0.39 is 0 Å². The van der Waals surface area contributed by atoms with E-state index in [0.29, 0.717) is 30.3 Å². The van der Waals surface area contributed by atoms with Crippen LogP contribution < -0.4 is 21.9 Å². The fourth-order valence-corrected chi connectivity index (χ4v) is 7.01. The van der Waals surface area contributed by atoms with Gasteiger partial charge in [-0.25, -0.2) is 9.78 Å². The molecule has 8 nitrogen and oxygen atoms in total. The van der Waals surface area contributed by atoms with Crippen LogP contribution in [-0.4, -0.2) is 43.9 Å². The number of nitrogens with zero attached hydrogens (tertiary/aromatic N) is 4. The van der Waals surface area contributed by atoms with E-state index in [1.807, 2.05) is 18.2 Å². The molecule has 0 saturated heterocycles. The number of rotatable bonds is 9. The van der Waals surface area contributed by atoms with Crippen LogP contribution in [0.5, 0.6) is 0 Å². The molecule has 2 heterocycles. The Morgan fingerprint density at radius 3 is 2.34 bits per heavy atom. The van der Waals surface area contributed by atoms with E-state index >= 15 is 0 Å². The normalized spacial score (nSPS) is 22.0. The zero-order valence-corrected chi connectivity index (χ0v) is 24.8. The highest BCUT2D eigenvalue weighted by Crippen LogP contribution is 2.52. The monoisotopic (exact) mass is 556 g/mol. The molecule has 2 aliphatic carbocycles. The lowest BCUT2D eigenvalue weighted by Gasteiger charge is -2.32. The van der Waals surface area contributed by atoms with Crippen LogP contribution in [-0.2, 0) is 27.1 Å². The molecule has 5 atom stereocenters. The highest BCUT2D eigenvalue weighted by Gasteiger charge is 2.47. The summed E-state index contributed by atoms with van der Waals surface area (Å²) in [6, 6.07) is 22.5. The van der Waals surface area contributed by atoms with Crippen LogP contribution in [0.4, 0.5) is 0 Å². The van der Waals surface area contributed by atoms with Gasteiger partial charge in [-0.1, -0.05) is 67.6 Å². The molecule has 2 fully saturated rings. The number of aryl methyl sites for hydroxylation is 1. The standard InChI is InChI=1S/C18H23N5O2.C15H21N/c1-13(11-14-7-5-4-6-8-14)19-9-10-23-12-20-16-15(23)17(24)22(3)18(25)21(16)2;1-2-16-15-13-9-8-12(10-13)14(15)11-6-4-3-5-7-11/h4-8,12-13,19H,9-11H2,1-3H3;3-7,12-16H,2,8-10H2,1H3. The van der Waals surface area contributed by atoms with Crippen molar-refractivity contribution in [2.24, 2.45) is 25.9 Å². The molecule has 0 amide bonds. The molecule has 41 heavy (non-hydrogen) atoms. The van der Waals surface area contributed by atoms with Crippen molar-refractivity contribution >= 4 is 11.2 Å². The first-order chi connectivity index (χ1) is 19.9. The van der Waals surface area contributed by atoms with Gasteiger partial charge >= 0.3 is 5.69 Å². The summed E-state index contributed by atoms with van der Waals surface area (Å²) in [6.07, 6.45) is 6.92. The predicted molar refractivity (Wildman–Crippen MR) is 165 cm³/mol. The second-order valence-electron chi connectivity index (χ2n) is 11.7. The molecule has 6 rings (SSSR count). The SMILES string of the molecule is CC(Cc1ccccc1)NCCn1cnc2c1c(=O)n(C)c(=O)n2C.CCNC1C2CCC(C2)C1c1ccccc1. The number of fused-ring (bicyclic) bond motifs is 3. The number of likely N-dealkylation sites (N-methyl/N-ethyl adjacent to an activating group) is 1. The van der Waals surface area contributed by atoms with E-state index in [0.717, 1.165) is 41.3 Å². The maximum atomic E-state index is 12.4. The van der Waals surface area contributed by atoms with Crippen LogP contribution in [0, 0.1) is 11.8 Å². The van der Waals surface area contributed by atoms with E-state index in [4.69, 9.17) is 0 Å². The van der Waals surface area contributed by atoms with Gasteiger partial charge in [0.25, 0.3) is 5.56 Å². The summed E-state index contributed by atoms with van der Waals surface area (Å²) < 4.78 is 4.32. The molecule has 2 N–H and O–H groups in total. The van der Waals surface area contributed by atoms with Crippen LogP contribution in [0.3, 0.4) is 0 Å². The predicted octanol–water partition coefficient (Wildman–Crippen LogP) is 3.83. The molecule has 2 saturated carbocycles. The van der Waals surface area contributed by atoms with Gasteiger partial charge in [0.1, 0.15) is 0 Å². The Balaban J connectivity index is 0.000000181. The Labute approximate surface area is 242 Å². The van der Waals surface area contributed by atoms with Gasteiger partial charge in [0, 0.05) is 45.2 Å². The minimum absolute atomic E-state index is 0.312. The van der Waals surface area contributed by atoms with Gasteiger partial charge in [0.15, 0.2) is 11.2 Å². The van der Waals surface area contributed by atoms with Crippen molar-refractivity contribution in [1.29, 1.82) is 0 Å². The van der Waals surface area contributed by atoms with Gasteiger partial charge in [-0.15, -0.1) is 0 Å². The van der Waals surface area contributed by atoms with E-state index in [1.165, 1.54) is 36.4 Å². The number of benzene rings is 2. The summed E-state index contributed by atoms with van der Waals surface area (Å²) in [5.74, 6) is 2.66. The third-order valence-corrected chi connectivity index (χ3v) is 8.99. The molecule has 4 aromatic rings. The molecule has 0 aliphatic heterocycles. The first kappa shape index (κ1) is 29.0. The Bertz CT molecular complexity index is 1540. The average molecular weight is 557 g/mol. The Morgan fingerprint density at radius 1 is 0.951 bits per heavy atom. The third kappa shape index (κ3) is 6.23. The van der Waals surface area contributed by atoms with Crippen molar-refractivity contribution in [3.05, 3.63) is 99.0 Å². The Hall–Kier alpha value is -3.49.